The van der Waals surface area contributed by atoms with Crippen LogP contribution in [0.25, 0.3) is 11.3 Å². The number of nitrogens with zero attached hydrogens (tertiary/aromatic N) is 1. The van der Waals surface area contributed by atoms with E-state index in [-0.39, 0.29) is 5.12 Å². The first kappa shape index (κ1) is 16.1. The Balaban J connectivity index is 1.93. The van der Waals surface area contributed by atoms with Crippen LogP contribution in [0.4, 0.5) is 0 Å². The minimum Gasteiger partial charge on any atom is -0.355 e. The van der Waals surface area contributed by atoms with Gasteiger partial charge in [-0.05, 0) is 67.2 Å². The normalized spacial score (nSPS) is 10.7. The lowest BCUT2D eigenvalue weighted by atomic mass is 10.1. The van der Waals surface area contributed by atoms with Crippen molar-refractivity contribution in [1.29, 1.82) is 0 Å². The highest BCUT2D eigenvalue weighted by Crippen LogP contribution is 2.32. The summed E-state index contributed by atoms with van der Waals surface area (Å²) in [6, 6.07) is 14.2. The van der Waals surface area contributed by atoms with Crippen molar-refractivity contribution < 1.29 is 9.32 Å². The van der Waals surface area contributed by atoms with E-state index in [1.807, 2.05) is 0 Å². The lowest BCUT2D eigenvalue weighted by Gasteiger charge is -2.03. The maximum absolute atomic E-state index is 12.6. The van der Waals surface area contributed by atoms with Gasteiger partial charge in [0.25, 0.3) is 0 Å². The second-order valence-corrected chi connectivity index (χ2v) is 6.74. The molecule has 0 aliphatic heterocycles. The molecule has 3 nitrogen and oxygen atoms in total. The van der Waals surface area contributed by atoms with E-state index in [0.717, 1.165) is 22.2 Å². The molecule has 0 N–H and O–H groups in total. The Morgan fingerprint density at radius 1 is 1.00 bits per heavy atom. The summed E-state index contributed by atoms with van der Waals surface area (Å²) in [4.78, 5) is 13.5. The smallest absolute Gasteiger partial charge is 0.229 e. The van der Waals surface area contributed by atoms with Gasteiger partial charge in [0.2, 0.25) is 5.12 Å². The van der Waals surface area contributed by atoms with Gasteiger partial charge in [-0.1, -0.05) is 28.4 Å². The molecule has 23 heavy (non-hydrogen) atoms. The molecule has 0 radical (unpaired) electrons. The lowest BCUT2D eigenvalue weighted by Crippen LogP contribution is -1.97. The maximum Gasteiger partial charge on any atom is 0.229 e. The van der Waals surface area contributed by atoms with E-state index in [0.29, 0.717) is 27.1 Å². The molecule has 3 rings (SSSR count). The Morgan fingerprint density at radius 2 is 1.57 bits per heavy atom. The van der Waals surface area contributed by atoms with E-state index in [1.54, 1.807) is 55.5 Å². The summed E-state index contributed by atoms with van der Waals surface area (Å²) < 4.78 is 5.35. The van der Waals surface area contributed by atoms with Crippen LogP contribution >= 0.6 is 35.0 Å². The fourth-order valence-electron chi connectivity index (χ4n) is 2.07. The SMILES string of the molecule is Cc1noc(-c2ccc(Cl)cc2)c1C(=O)Sc1ccc(Cl)cc1. The molecule has 0 bridgehead atoms. The third-order valence-corrected chi connectivity index (χ3v) is 4.60. The summed E-state index contributed by atoms with van der Waals surface area (Å²) >= 11 is 12.9. The first-order valence-corrected chi connectivity index (χ1v) is 8.32. The highest BCUT2D eigenvalue weighted by molar-refractivity contribution is 8.14. The van der Waals surface area contributed by atoms with Gasteiger partial charge >= 0.3 is 0 Å². The minimum atomic E-state index is -0.129. The van der Waals surface area contributed by atoms with Crippen LogP contribution < -0.4 is 0 Å². The monoisotopic (exact) mass is 363 g/mol. The van der Waals surface area contributed by atoms with E-state index in [9.17, 15) is 4.79 Å². The summed E-state index contributed by atoms with van der Waals surface area (Å²) in [5.41, 5.74) is 1.78. The van der Waals surface area contributed by atoms with E-state index in [4.69, 9.17) is 27.7 Å². The summed E-state index contributed by atoms with van der Waals surface area (Å²) in [5, 5.41) is 5.05. The molecule has 2 aromatic carbocycles. The third-order valence-electron chi connectivity index (χ3n) is 3.20. The fraction of sp³-hybridized carbons (Fsp3) is 0.0588. The Labute approximate surface area is 147 Å². The number of carbonyl (C=O) groups is 1. The van der Waals surface area contributed by atoms with Gasteiger partial charge < -0.3 is 4.52 Å². The Hall–Kier alpha value is -1.75. The van der Waals surface area contributed by atoms with E-state index in [2.05, 4.69) is 5.16 Å². The van der Waals surface area contributed by atoms with Crippen LogP contribution in [-0.4, -0.2) is 10.3 Å². The average molecular weight is 364 g/mol. The molecule has 0 fully saturated rings. The van der Waals surface area contributed by atoms with Crippen molar-refractivity contribution in [3.63, 3.8) is 0 Å². The maximum atomic E-state index is 12.6. The van der Waals surface area contributed by atoms with Crippen molar-refractivity contribution in [2.45, 2.75) is 11.8 Å². The second-order valence-electron chi connectivity index (χ2n) is 4.82. The number of hydrogen-bond donors (Lipinski definition) is 0. The van der Waals surface area contributed by atoms with Crippen LogP contribution in [0.15, 0.2) is 57.9 Å². The van der Waals surface area contributed by atoms with Gasteiger partial charge in [-0.3, -0.25) is 4.79 Å². The quantitative estimate of drug-likeness (QED) is 0.544. The van der Waals surface area contributed by atoms with Crippen molar-refractivity contribution in [2.75, 3.05) is 0 Å². The topological polar surface area (TPSA) is 43.1 Å². The molecule has 0 spiro atoms. The van der Waals surface area contributed by atoms with Crippen LogP contribution in [0, 0.1) is 6.92 Å². The number of halogens is 2. The van der Waals surface area contributed by atoms with Crippen molar-refractivity contribution in [3.8, 4) is 11.3 Å². The fourth-order valence-corrected chi connectivity index (χ4v) is 3.15. The summed E-state index contributed by atoms with van der Waals surface area (Å²) in [6.45, 7) is 1.75. The van der Waals surface area contributed by atoms with Crippen LogP contribution in [0.2, 0.25) is 10.0 Å². The predicted octanol–water partition coefficient (Wildman–Crippen LogP) is 5.89. The molecular weight excluding hydrogens is 353 g/mol. The predicted molar refractivity (Wildman–Crippen MR) is 93.3 cm³/mol. The molecule has 0 saturated carbocycles. The van der Waals surface area contributed by atoms with Gasteiger partial charge in [-0.25, -0.2) is 0 Å². The molecule has 0 saturated heterocycles. The molecule has 0 unspecified atom stereocenters. The zero-order valence-corrected chi connectivity index (χ0v) is 14.4. The molecular formula is C17H11Cl2NO2S. The molecule has 0 amide bonds. The van der Waals surface area contributed by atoms with E-state index >= 15 is 0 Å². The lowest BCUT2D eigenvalue weighted by molar-refractivity contribution is 0.108. The molecule has 0 atom stereocenters. The number of hydrogen-bond acceptors (Lipinski definition) is 4. The van der Waals surface area contributed by atoms with Gasteiger partial charge in [0, 0.05) is 20.5 Å². The van der Waals surface area contributed by atoms with Gasteiger partial charge in [0.15, 0.2) is 5.76 Å². The molecule has 6 heteroatoms. The summed E-state index contributed by atoms with van der Waals surface area (Å²) in [7, 11) is 0. The molecule has 0 aliphatic rings. The van der Waals surface area contributed by atoms with Crippen LogP contribution in [0.3, 0.4) is 0 Å². The number of benzene rings is 2. The standard InChI is InChI=1S/C17H11Cl2NO2S/c1-10-15(17(21)23-14-8-6-13(19)7-9-14)16(22-20-10)11-2-4-12(18)5-3-11/h2-9H,1H3. The Kier molecular flexibility index (Phi) is 4.76. The molecule has 1 aromatic heterocycles. The molecule has 0 aliphatic carbocycles. The largest absolute Gasteiger partial charge is 0.355 e. The van der Waals surface area contributed by atoms with Crippen LogP contribution in [-0.2, 0) is 0 Å². The highest BCUT2D eigenvalue weighted by Gasteiger charge is 2.22. The molecule has 116 valence electrons. The Bertz CT molecular complexity index is 842. The first-order valence-electron chi connectivity index (χ1n) is 6.74. The van der Waals surface area contributed by atoms with Gasteiger partial charge in [0.1, 0.15) is 0 Å². The van der Waals surface area contributed by atoms with Crippen molar-refractivity contribution >= 4 is 40.1 Å². The first-order chi connectivity index (χ1) is 11.0. The molecule has 3 aromatic rings. The van der Waals surface area contributed by atoms with Gasteiger partial charge in [-0.15, -0.1) is 0 Å². The summed E-state index contributed by atoms with van der Waals surface area (Å²) in [6.07, 6.45) is 0. The van der Waals surface area contributed by atoms with Gasteiger partial charge in [-0.2, -0.15) is 0 Å². The number of rotatable bonds is 3. The second kappa shape index (κ2) is 6.79. The number of aryl methyl sites for hydroxylation is 1. The zero-order valence-electron chi connectivity index (χ0n) is 12.0. The number of aromatic nitrogens is 1. The van der Waals surface area contributed by atoms with Crippen molar-refractivity contribution in [2.24, 2.45) is 0 Å². The Morgan fingerprint density at radius 3 is 2.17 bits per heavy atom. The third kappa shape index (κ3) is 3.61. The highest BCUT2D eigenvalue weighted by atomic mass is 35.5. The van der Waals surface area contributed by atoms with E-state index in [1.165, 1.54) is 0 Å². The average Bonchev–Trinajstić information content (AvgIpc) is 2.92. The van der Waals surface area contributed by atoms with Crippen molar-refractivity contribution in [1.82, 2.24) is 5.16 Å². The van der Waals surface area contributed by atoms with Crippen LogP contribution in [0.5, 0.6) is 0 Å². The zero-order chi connectivity index (χ0) is 16.4. The number of carbonyl (C=O) groups excluding carboxylic acids is 1. The number of thioether (sulfide) groups is 1. The summed E-state index contributed by atoms with van der Waals surface area (Å²) in [5.74, 6) is 0.450. The minimum absolute atomic E-state index is 0.129. The van der Waals surface area contributed by atoms with Crippen LogP contribution in [0.1, 0.15) is 16.1 Å². The van der Waals surface area contributed by atoms with Gasteiger partial charge in [0.05, 0.1) is 11.3 Å². The van der Waals surface area contributed by atoms with Crippen molar-refractivity contribution in [3.05, 3.63) is 69.8 Å². The molecule has 1 heterocycles. The van der Waals surface area contributed by atoms with E-state index < -0.39 is 0 Å².